The van der Waals surface area contributed by atoms with E-state index in [0.29, 0.717) is 13.0 Å². The molecule has 1 atom stereocenters. The van der Waals surface area contributed by atoms with Gasteiger partial charge in [0.25, 0.3) is 0 Å². The van der Waals surface area contributed by atoms with E-state index < -0.39 is 0 Å². The number of furan rings is 1. The number of rotatable bonds is 6. The highest BCUT2D eigenvalue weighted by molar-refractivity contribution is 5.88. The summed E-state index contributed by atoms with van der Waals surface area (Å²) >= 11 is 0. The van der Waals surface area contributed by atoms with Gasteiger partial charge in [-0.25, -0.2) is 0 Å². The molecular formula is C17H25ClN2O2. The van der Waals surface area contributed by atoms with Crippen molar-refractivity contribution in [1.82, 2.24) is 10.6 Å². The molecule has 0 bridgehead atoms. The Kier molecular flexibility index (Phi) is 6.91. The van der Waals surface area contributed by atoms with Crippen LogP contribution in [0.15, 0.2) is 22.8 Å². The molecule has 4 nitrogen and oxygen atoms in total. The monoisotopic (exact) mass is 324 g/mol. The summed E-state index contributed by atoms with van der Waals surface area (Å²) in [6.45, 7) is 9.79. The molecule has 0 aliphatic carbocycles. The molecular weight excluding hydrogens is 300 g/mol. The lowest BCUT2D eigenvalue weighted by Gasteiger charge is -2.12. The summed E-state index contributed by atoms with van der Waals surface area (Å²) in [6, 6.07) is 4.40. The summed E-state index contributed by atoms with van der Waals surface area (Å²) in [5, 5.41) is 7.26. The number of hydrogen-bond donors (Lipinski definition) is 2. The lowest BCUT2D eigenvalue weighted by Crippen LogP contribution is -2.39. The standard InChI is InChI=1S/C17H24N2O2.ClH/c1-5-18-13(4)9-19-17(20)8-14-10-21-16-7-12(3)11(2)6-15(14)16;/h6-7,10,13,18H,5,8-9H2,1-4H3,(H,19,20);1H/t13-;/m1./s1. The van der Waals surface area contributed by atoms with Crippen LogP contribution in [0.1, 0.15) is 30.5 Å². The Labute approximate surface area is 138 Å². The van der Waals surface area contributed by atoms with Crippen molar-refractivity contribution in [2.24, 2.45) is 0 Å². The second kappa shape index (κ2) is 8.20. The van der Waals surface area contributed by atoms with Crippen LogP contribution in [0.3, 0.4) is 0 Å². The summed E-state index contributed by atoms with van der Waals surface area (Å²) in [5.74, 6) is 0.0284. The summed E-state index contributed by atoms with van der Waals surface area (Å²) in [4.78, 5) is 12.0. The van der Waals surface area contributed by atoms with Gasteiger partial charge in [-0.1, -0.05) is 6.92 Å². The number of carbonyl (C=O) groups is 1. The van der Waals surface area contributed by atoms with Gasteiger partial charge >= 0.3 is 0 Å². The van der Waals surface area contributed by atoms with Crippen molar-refractivity contribution in [3.8, 4) is 0 Å². The lowest BCUT2D eigenvalue weighted by molar-refractivity contribution is -0.120. The van der Waals surface area contributed by atoms with E-state index in [1.807, 2.05) is 6.07 Å². The molecule has 0 spiro atoms. The van der Waals surface area contributed by atoms with Crippen LogP contribution in [0.5, 0.6) is 0 Å². The first-order valence-corrected chi connectivity index (χ1v) is 7.48. The van der Waals surface area contributed by atoms with Gasteiger partial charge in [-0.3, -0.25) is 4.79 Å². The van der Waals surface area contributed by atoms with Crippen molar-refractivity contribution in [3.63, 3.8) is 0 Å². The van der Waals surface area contributed by atoms with E-state index >= 15 is 0 Å². The van der Waals surface area contributed by atoms with Crippen LogP contribution in [0.2, 0.25) is 0 Å². The van der Waals surface area contributed by atoms with Gasteiger partial charge in [-0.2, -0.15) is 0 Å². The van der Waals surface area contributed by atoms with Crippen molar-refractivity contribution < 1.29 is 9.21 Å². The molecule has 0 radical (unpaired) electrons. The zero-order chi connectivity index (χ0) is 15.4. The van der Waals surface area contributed by atoms with E-state index in [4.69, 9.17) is 4.42 Å². The summed E-state index contributed by atoms with van der Waals surface area (Å²) in [7, 11) is 0. The molecule has 0 fully saturated rings. The van der Waals surface area contributed by atoms with Crippen molar-refractivity contribution in [1.29, 1.82) is 0 Å². The largest absolute Gasteiger partial charge is 0.464 e. The molecule has 0 aliphatic rings. The predicted octanol–water partition coefficient (Wildman–Crippen LogP) is 3.13. The summed E-state index contributed by atoms with van der Waals surface area (Å²) in [5.41, 5.74) is 4.21. The van der Waals surface area contributed by atoms with E-state index in [2.05, 4.69) is 44.4 Å². The molecule has 0 saturated heterocycles. The average molecular weight is 325 g/mol. The highest BCUT2D eigenvalue weighted by Gasteiger charge is 2.12. The van der Waals surface area contributed by atoms with Gasteiger partial charge in [-0.15, -0.1) is 12.4 Å². The third kappa shape index (κ3) is 4.49. The van der Waals surface area contributed by atoms with Gasteiger partial charge in [0.05, 0.1) is 12.7 Å². The molecule has 1 heterocycles. The Morgan fingerprint density at radius 3 is 2.64 bits per heavy atom. The third-order valence-corrected chi connectivity index (χ3v) is 3.78. The van der Waals surface area contributed by atoms with Crippen molar-refractivity contribution in [2.75, 3.05) is 13.1 Å². The number of hydrogen-bond acceptors (Lipinski definition) is 3. The average Bonchev–Trinajstić information content (AvgIpc) is 2.80. The molecule has 2 aromatic rings. The number of likely N-dealkylation sites (N-methyl/N-ethyl adjacent to an activating group) is 1. The maximum atomic E-state index is 12.0. The second-order valence-electron chi connectivity index (χ2n) is 5.63. The lowest BCUT2D eigenvalue weighted by atomic mass is 10.0. The summed E-state index contributed by atoms with van der Waals surface area (Å²) in [6.07, 6.45) is 2.05. The van der Waals surface area contributed by atoms with Crippen LogP contribution in [-0.4, -0.2) is 25.0 Å². The Morgan fingerprint density at radius 2 is 1.95 bits per heavy atom. The van der Waals surface area contributed by atoms with Crippen LogP contribution >= 0.6 is 12.4 Å². The number of halogens is 1. The molecule has 22 heavy (non-hydrogen) atoms. The molecule has 0 unspecified atom stereocenters. The second-order valence-corrected chi connectivity index (χ2v) is 5.63. The molecule has 1 amide bonds. The van der Waals surface area contributed by atoms with Gasteiger partial charge < -0.3 is 15.1 Å². The quantitative estimate of drug-likeness (QED) is 0.858. The zero-order valence-electron chi connectivity index (χ0n) is 13.7. The van der Waals surface area contributed by atoms with E-state index in [0.717, 1.165) is 23.1 Å². The molecule has 5 heteroatoms. The van der Waals surface area contributed by atoms with E-state index in [1.54, 1.807) is 6.26 Å². The molecule has 0 saturated carbocycles. The fraction of sp³-hybridized carbons (Fsp3) is 0.471. The van der Waals surface area contributed by atoms with Crippen LogP contribution in [-0.2, 0) is 11.2 Å². The Bertz CT molecular complexity index is 637. The normalized spacial score (nSPS) is 12.0. The fourth-order valence-corrected chi connectivity index (χ4v) is 2.40. The minimum Gasteiger partial charge on any atom is -0.464 e. The van der Waals surface area contributed by atoms with Crippen molar-refractivity contribution in [2.45, 2.75) is 40.2 Å². The summed E-state index contributed by atoms with van der Waals surface area (Å²) < 4.78 is 5.56. The Morgan fingerprint density at radius 1 is 1.27 bits per heavy atom. The van der Waals surface area contributed by atoms with Crippen molar-refractivity contribution in [3.05, 3.63) is 35.1 Å². The predicted molar refractivity (Wildman–Crippen MR) is 92.8 cm³/mol. The highest BCUT2D eigenvalue weighted by atomic mass is 35.5. The third-order valence-electron chi connectivity index (χ3n) is 3.78. The number of aryl methyl sites for hydroxylation is 2. The molecule has 2 N–H and O–H groups in total. The minimum absolute atomic E-state index is 0. The minimum atomic E-state index is 0. The van der Waals surface area contributed by atoms with Crippen LogP contribution < -0.4 is 10.6 Å². The fourth-order valence-electron chi connectivity index (χ4n) is 2.40. The van der Waals surface area contributed by atoms with Gasteiger partial charge in [0.15, 0.2) is 0 Å². The Balaban J connectivity index is 0.00000242. The first-order chi connectivity index (χ1) is 10.0. The molecule has 2 rings (SSSR count). The topological polar surface area (TPSA) is 54.3 Å². The molecule has 122 valence electrons. The number of nitrogens with one attached hydrogen (secondary N) is 2. The van der Waals surface area contributed by atoms with Crippen LogP contribution in [0.4, 0.5) is 0 Å². The SMILES string of the molecule is CCN[C@H](C)CNC(=O)Cc1coc2cc(C)c(C)cc12.Cl. The van der Waals surface area contributed by atoms with Crippen LogP contribution in [0, 0.1) is 13.8 Å². The number of amides is 1. The van der Waals surface area contributed by atoms with E-state index in [9.17, 15) is 4.79 Å². The van der Waals surface area contributed by atoms with E-state index in [-0.39, 0.29) is 24.4 Å². The maximum Gasteiger partial charge on any atom is 0.224 e. The van der Waals surface area contributed by atoms with Gasteiger partial charge in [0.1, 0.15) is 5.58 Å². The highest BCUT2D eigenvalue weighted by Crippen LogP contribution is 2.25. The van der Waals surface area contributed by atoms with E-state index in [1.165, 1.54) is 11.1 Å². The van der Waals surface area contributed by atoms with Gasteiger partial charge in [-0.05, 0) is 50.6 Å². The number of benzene rings is 1. The first-order valence-electron chi connectivity index (χ1n) is 7.48. The van der Waals surface area contributed by atoms with Crippen molar-refractivity contribution >= 4 is 29.3 Å². The molecule has 0 aliphatic heterocycles. The van der Waals surface area contributed by atoms with Crippen LogP contribution in [0.25, 0.3) is 11.0 Å². The smallest absolute Gasteiger partial charge is 0.224 e. The first kappa shape index (κ1) is 18.5. The maximum absolute atomic E-state index is 12.0. The van der Waals surface area contributed by atoms with Gasteiger partial charge in [0.2, 0.25) is 5.91 Å². The number of fused-ring (bicyclic) bond motifs is 1. The molecule has 1 aromatic heterocycles. The molecule has 1 aromatic carbocycles. The Hall–Kier alpha value is -1.52. The van der Waals surface area contributed by atoms with Gasteiger partial charge in [0, 0.05) is 23.5 Å². The number of carbonyl (C=O) groups excluding carboxylic acids is 1. The zero-order valence-corrected chi connectivity index (χ0v) is 14.5.